The van der Waals surface area contributed by atoms with E-state index in [0.29, 0.717) is 0 Å². The number of piperazine rings is 1. The Bertz CT molecular complexity index is 648. The Morgan fingerprint density at radius 3 is 2.39 bits per heavy atom. The van der Waals surface area contributed by atoms with E-state index >= 15 is 0 Å². The van der Waals surface area contributed by atoms with Gasteiger partial charge in [-0.2, -0.15) is 0 Å². The fourth-order valence-electron chi connectivity index (χ4n) is 4.12. The number of rotatable bonds is 7. The molecule has 28 heavy (non-hydrogen) atoms. The maximum Gasteiger partial charge on any atom is 0.219 e. The average Bonchev–Trinajstić information content (AvgIpc) is 2.68. The standard InChI is InChI=1S/C22H35N5O/c1-3-23-21(24-12-13-26-14-16-27(17-15-26)19(2)28)25-18-22(10-7-11-22)20-8-5-4-6-9-20/h4-6,8-9H,3,7,10-18H2,1-2H3,(H2,23,24,25). The van der Waals surface area contributed by atoms with E-state index in [1.807, 2.05) is 4.90 Å². The van der Waals surface area contributed by atoms with Crippen LogP contribution in [0.5, 0.6) is 0 Å². The van der Waals surface area contributed by atoms with Gasteiger partial charge in [0.2, 0.25) is 5.91 Å². The molecule has 0 radical (unpaired) electrons. The van der Waals surface area contributed by atoms with Gasteiger partial charge in [0.05, 0.1) is 6.54 Å². The minimum Gasteiger partial charge on any atom is -0.357 e. The van der Waals surface area contributed by atoms with E-state index < -0.39 is 0 Å². The van der Waals surface area contributed by atoms with Crippen LogP contribution in [0.25, 0.3) is 0 Å². The molecular weight excluding hydrogens is 350 g/mol. The predicted molar refractivity (Wildman–Crippen MR) is 115 cm³/mol. The molecule has 1 saturated carbocycles. The summed E-state index contributed by atoms with van der Waals surface area (Å²) < 4.78 is 0. The van der Waals surface area contributed by atoms with Crippen LogP contribution in [0.3, 0.4) is 0 Å². The minimum absolute atomic E-state index is 0.183. The first-order chi connectivity index (χ1) is 13.6. The molecule has 1 saturated heterocycles. The first-order valence-electron chi connectivity index (χ1n) is 10.7. The number of benzene rings is 1. The fraction of sp³-hybridized carbons (Fsp3) is 0.636. The average molecular weight is 386 g/mol. The summed E-state index contributed by atoms with van der Waals surface area (Å²) in [7, 11) is 0. The molecule has 1 aromatic rings. The van der Waals surface area contributed by atoms with Gasteiger partial charge in [0.15, 0.2) is 5.96 Å². The summed E-state index contributed by atoms with van der Waals surface area (Å²) in [6.45, 7) is 10.9. The first kappa shape index (κ1) is 20.6. The molecule has 154 valence electrons. The smallest absolute Gasteiger partial charge is 0.219 e. The minimum atomic E-state index is 0.183. The molecule has 1 amide bonds. The Labute approximate surface area is 169 Å². The molecule has 0 bridgehead atoms. The van der Waals surface area contributed by atoms with Gasteiger partial charge in [-0.05, 0) is 25.3 Å². The topological polar surface area (TPSA) is 60.0 Å². The van der Waals surface area contributed by atoms with E-state index in [4.69, 9.17) is 4.99 Å². The largest absolute Gasteiger partial charge is 0.357 e. The van der Waals surface area contributed by atoms with Gasteiger partial charge < -0.3 is 15.5 Å². The highest BCUT2D eigenvalue weighted by molar-refractivity contribution is 5.79. The van der Waals surface area contributed by atoms with Crippen LogP contribution in [0.2, 0.25) is 0 Å². The van der Waals surface area contributed by atoms with Crippen molar-refractivity contribution in [3.63, 3.8) is 0 Å². The highest BCUT2D eigenvalue weighted by Gasteiger charge is 2.38. The van der Waals surface area contributed by atoms with Gasteiger partial charge in [0.25, 0.3) is 0 Å². The number of nitrogens with one attached hydrogen (secondary N) is 2. The van der Waals surface area contributed by atoms with Gasteiger partial charge in [-0.3, -0.25) is 14.7 Å². The lowest BCUT2D eigenvalue weighted by Crippen LogP contribution is -2.50. The lowest BCUT2D eigenvalue weighted by atomic mass is 9.64. The Balaban J connectivity index is 1.49. The normalized spacial score (nSPS) is 19.8. The molecule has 1 aliphatic heterocycles. The SMILES string of the molecule is CCNC(=NCC1(c2ccccc2)CCC1)NCCN1CCN(C(C)=O)CC1. The number of aliphatic imine (C=N–C) groups is 1. The zero-order chi connectivity index (χ0) is 19.8. The van der Waals surface area contributed by atoms with Gasteiger partial charge in [0, 0.05) is 58.2 Å². The van der Waals surface area contributed by atoms with Crippen LogP contribution < -0.4 is 10.6 Å². The molecule has 2 aliphatic rings. The maximum absolute atomic E-state index is 11.4. The Morgan fingerprint density at radius 1 is 1.11 bits per heavy atom. The summed E-state index contributed by atoms with van der Waals surface area (Å²) in [5.41, 5.74) is 1.64. The molecule has 0 spiro atoms. The van der Waals surface area contributed by atoms with Crippen molar-refractivity contribution in [3.05, 3.63) is 35.9 Å². The van der Waals surface area contributed by atoms with Crippen molar-refractivity contribution in [2.24, 2.45) is 4.99 Å². The molecule has 2 N–H and O–H groups in total. The summed E-state index contributed by atoms with van der Waals surface area (Å²) in [4.78, 5) is 20.7. The Hall–Kier alpha value is -2.08. The quantitative estimate of drug-likeness (QED) is 0.555. The molecule has 1 heterocycles. The third kappa shape index (κ3) is 5.25. The lowest BCUT2D eigenvalue weighted by Gasteiger charge is -2.41. The summed E-state index contributed by atoms with van der Waals surface area (Å²) in [6.07, 6.45) is 3.74. The van der Waals surface area contributed by atoms with Crippen molar-refractivity contribution in [1.82, 2.24) is 20.4 Å². The van der Waals surface area contributed by atoms with E-state index in [-0.39, 0.29) is 11.3 Å². The monoisotopic (exact) mass is 385 g/mol. The number of carbonyl (C=O) groups is 1. The maximum atomic E-state index is 11.4. The van der Waals surface area contributed by atoms with Crippen molar-refractivity contribution in [1.29, 1.82) is 0 Å². The molecule has 3 rings (SSSR count). The number of guanidine groups is 1. The molecule has 0 aromatic heterocycles. The zero-order valence-corrected chi connectivity index (χ0v) is 17.4. The molecule has 2 fully saturated rings. The van der Waals surface area contributed by atoms with E-state index in [1.165, 1.54) is 24.8 Å². The summed E-state index contributed by atoms with van der Waals surface area (Å²) >= 11 is 0. The van der Waals surface area contributed by atoms with Gasteiger partial charge in [-0.15, -0.1) is 0 Å². The van der Waals surface area contributed by atoms with Crippen molar-refractivity contribution in [3.8, 4) is 0 Å². The van der Waals surface area contributed by atoms with Gasteiger partial charge in [0.1, 0.15) is 0 Å². The number of hydrogen-bond donors (Lipinski definition) is 2. The van der Waals surface area contributed by atoms with Crippen molar-refractivity contribution in [2.45, 2.75) is 38.5 Å². The molecule has 1 aliphatic carbocycles. The molecule has 1 aromatic carbocycles. The van der Waals surface area contributed by atoms with E-state index in [9.17, 15) is 4.79 Å². The highest BCUT2D eigenvalue weighted by atomic mass is 16.2. The van der Waals surface area contributed by atoms with Crippen LogP contribution >= 0.6 is 0 Å². The summed E-state index contributed by atoms with van der Waals surface area (Å²) in [6, 6.07) is 10.8. The molecule has 0 atom stereocenters. The molecule has 0 unspecified atom stereocenters. The van der Waals surface area contributed by atoms with Gasteiger partial charge in [-0.1, -0.05) is 36.8 Å². The third-order valence-electron chi connectivity index (χ3n) is 6.12. The number of nitrogens with zero attached hydrogens (tertiary/aromatic N) is 3. The second kappa shape index (κ2) is 9.92. The molecular formula is C22H35N5O. The predicted octanol–water partition coefficient (Wildman–Crippen LogP) is 1.83. The Kier molecular flexibility index (Phi) is 7.31. The van der Waals surface area contributed by atoms with E-state index in [2.05, 4.69) is 52.8 Å². The first-order valence-corrected chi connectivity index (χ1v) is 10.7. The lowest BCUT2D eigenvalue weighted by molar-refractivity contribution is -0.130. The summed E-state index contributed by atoms with van der Waals surface area (Å²) in [5.74, 6) is 1.09. The molecule has 6 nitrogen and oxygen atoms in total. The van der Waals surface area contributed by atoms with Gasteiger partial charge in [-0.25, -0.2) is 0 Å². The number of carbonyl (C=O) groups excluding carboxylic acids is 1. The second-order valence-electron chi connectivity index (χ2n) is 7.97. The van der Waals surface area contributed by atoms with Crippen molar-refractivity contribution < 1.29 is 4.79 Å². The van der Waals surface area contributed by atoms with Crippen LogP contribution in [0, 0.1) is 0 Å². The van der Waals surface area contributed by atoms with Crippen LogP contribution in [-0.2, 0) is 10.2 Å². The van der Waals surface area contributed by atoms with Crippen LogP contribution in [-0.4, -0.2) is 74.0 Å². The van der Waals surface area contributed by atoms with Crippen molar-refractivity contribution >= 4 is 11.9 Å². The number of amides is 1. The van der Waals surface area contributed by atoms with E-state index in [0.717, 1.165) is 58.3 Å². The highest BCUT2D eigenvalue weighted by Crippen LogP contribution is 2.43. The van der Waals surface area contributed by atoms with Crippen LogP contribution in [0.1, 0.15) is 38.7 Å². The van der Waals surface area contributed by atoms with Crippen molar-refractivity contribution in [2.75, 3.05) is 52.4 Å². The number of hydrogen-bond acceptors (Lipinski definition) is 3. The van der Waals surface area contributed by atoms with Crippen LogP contribution in [0.15, 0.2) is 35.3 Å². The second-order valence-corrected chi connectivity index (χ2v) is 7.97. The molecule has 6 heteroatoms. The fourth-order valence-corrected chi connectivity index (χ4v) is 4.12. The third-order valence-corrected chi connectivity index (χ3v) is 6.12. The van der Waals surface area contributed by atoms with Gasteiger partial charge >= 0.3 is 0 Å². The summed E-state index contributed by atoms with van der Waals surface area (Å²) in [5, 5.41) is 6.87. The zero-order valence-electron chi connectivity index (χ0n) is 17.4. The Morgan fingerprint density at radius 2 is 1.82 bits per heavy atom. The van der Waals surface area contributed by atoms with E-state index in [1.54, 1.807) is 6.92 Å². The van der Waals surface area contributed by atoms with Crippen LogP contribution in [0.4, 0.5) is 0 Å².